The third-order valence-corrected chi connectivity index (χ3v) is 5.68. The first kappa shape index (κ1) is 24.1. The molecule has 8 nitrogen and oxygen atoms in total. The predicted octanol–water partition coefficient (Wildman–Crippen LogP) is 4.69. The first-order valence-corrected chi connectivity index (χ1v) is 10.7. The number of hydrogen-bond acceptors (Lipinski definition) is 6. The van der Waals surface area contributed by atoms with Gasteiger partial charge in [0, 0.05) is 17.5 Å². The fourth-order valence-electron chi connectivity index (χ4n) is 3.69. The summed E-state index contributed by atoms with van der Waals surface area (Å²) in [6.45, 7) is 3.82. The first-order valence-electron chi connectivity index (χ1n) is 10.3. The highest BCUT2D eigenvalue weighted by molar-refractivity contribution is 6.32. The summed E-state index contributed by atoms with van der Waals surface area (Å²) in [4.78, 5) is 36.2. The number of hydrogen-bond donors (Lipinski definition) is 2. The van der Waals surface area contributed by atoms with Crippen molar-refractivity contribution < 1.29 is 28.6 Å². The number of amides is 2. The lowest BCUT2D eigenvalue weighted by Crippen LogP contribution is -2.22. The second kappa shape index (κ2) is 10.4. The second-order valence-electron chi connectivity index (χ2n) is 7.59. The molecule has 2 aromatic rings. The molecule has 0 atom stereocenters. The molecule has 33 heavy (non-hydrogen) atoms. The number of nitrogens with two attached hydrogens (primary N) is 1. The Morgan fingerprint density at radius 2 is 2.00 bits per heavy atom. The standard InChI is InChI=1S/C24H25ClN2O6/c1-13(9-11-19(28)33-18-7-5-4-6-17(18)25)8-10-15-21(27-24(26)30)20-16(12-32-23(20)29)14(2)22(15)31-3/h4-8H,9-12H2,1-3H3,(H3,26,27,30)/b13-8+. The van der Waals surface area contributed by atoms with Gasteiger partial charge in [-0.3, -0.25) is 4.79 Å². The molecule has 0 unspecified atom stereocenters. The minimum Gasteiger partial charge on any atom is -0.496 e. The molecule has 174 valence electrons. The molecule has 0 bridgehead atoms. The van der Waals surface area contributed by atoms with Gasteiger partial charge in [0.05, 0.1) is 23.4 Å². The van der Waals surface area contributed by atoms with E-state index in [0.29, 0.717) is 40.5 Å². The molecule has 2 aromatic carbocycles. The van der Waals surface area contributed by atoms with E-state index in [0.717, 1.165) is 11.1 Å². The molecule has 0 saturated carbocycles. The average molecular weight is 473 g/mol. The van der Waals surface area contributed by atoms with Gasteiger partial charge in [0.25, 0.3) is 0 Å². The monoisotopic (exact) mass is 472 g/mol. The molecule has 9 heteroatoms. The molecule has 3 N–H and O–H groups in total. The smallest absolute Gasteiger partial charge is 0.341 e. The third kappa shape index (κ3) is 5.46. The van der Waals surface area contributed by atoms with Crippen LogP contribution >= 0.6 is 11.6 Å². The van der Waals surface area contributed by atoms with Crippen LogP contribution in [0.4, 0.5) is 10.5 Å². The summed E-state index contributed by atoms with van der Waals surface area (Å²) in [5.41, 5.74) is 8.86. The fourth-order valence-corrected chi connectivity index (χ4v) is 3.87. The zero-order chi connectivity index (χ0) is 24.1. The lowest BCUT2D eigenvalue weighted by Gasteiger charge is -2.19. The number of benzene rings is 2. The van der Waals surface area contributed by atoms with Gasteiger partial charge in [0.2, 0.25) is 0 Å². The number of allylic oxidation sites excluding steroid dienone is 2. The number of fused-ring (bicyclic) bond motifs is 1. The normalized spacial score (nSPS) is 12.7. The van der Waals surface area contributed by atoms with Crippen LogP contribution in [0.15, 0.2) is 35.9 Å². The number of cyclic esters (lactones) is 1. The first-order chi connectivity index (χ1) is 15.7. The Morgan fingerprint density at radius 1 is 1.27 bits per heavy atom. The van der Waals surface area contributed by atoms with Crippen molar-refractivity contribution in [3.8, 4) is 11.5 Å². The minimum atomic E-state index is -0.799. The SMILES string of the molecule is COc1c(C)c2c(c(NC(N)=O)c1C/C=C(\C)CCC(=O)Oc1ccccc1Cl)C(=O)OC2. The topological polar surface area (TPSA) is 117 Å². The number of anilines is 1. The molecule has 0 spiro atoms. The molecule has 0 fully saturated rings. The number of nitrogens with one attached hydrogen (secondary N) is 1. The quantitative estimate of drug-likeness (QED) is 0.327. The number of halogens is 1. The molecule has 0 aliphatic carbocycles. The number of primary amides is 1. The molecule has 2 amide bonds. The van der Waals surface area contributed by atoms with E-state index in [1.165, 1.54) is 7.11 Å². The molecule has 0 aromatic heterocycles. The van der Waals surface area contributed by atoms with E-state index >= 15 is 0 Å². The van der Waals surface area contributed by atoms with Gasteiger partial charge in [-0.05, 0) is 44.4 Å². The molecular formula is C24H25ClN2O6. The maximum absolute atomic E-state index is 12.3. The molecule has 0 radical (unpaired) electrons. The van der Waals surface area contributed by atoms with Crippen molar-refractivity contribution in [2.24, 2.45) is 5.73 Å². The summed E-state index contributed by atoms with van der Waals surface area (Å²) >= 11 is 6.02. The van der Waals surface area contributed by atoms with Crippen LogP contribution in [-0.4, -0.2) is 25.1 Å². The second-order valence-corrected chi connectivity index (χ2v) is 8.00. The Kier molecular flexibility index (Phi) is 7.60. The zero-order valence-corrected chi connectivity index (χ0v) is 19.4. The lowest BCUT2D eigenvalue weighted by atomic mass is 9.93. The van der Waals surface area contributed by atoms with Gasteiger partial charge in [0.15, 0.2) is 0 Å². The Hall–Kier alpha value is -3.52. The number of carbonyl (C=O) groups is 3. The third-order valence-electron chi connectivity index (χ3n) is 5.36. The van der Waals surface area contributed by atoms with Crippen LogP contribution in [0.5, 0.6) is 11.5 Å². The Morgan fingerprint density at radius 3 is 2.67 bits per heavy atom. The van der Waals surface area contributed by atoms with Gasteiger partial charge >= 0.3 is 18.0 Å². The van der Waals surface area contributed by atoms with Crippen LogP contribution in [0.25, 0.3) is 0 Å². The van der Waals surface area contributed by atoms with E-state index in [4.69, 9.17) is 31.5 Å². The Bertz CT molecular complexity index is 1140. The van der Waals surface area contributed by atoms with Gasteiger partial charge in [-0.2, -0.15) is 0 Å². The van der Waals surface area contributed by atoms with Crippen LogP contribution in [0.1, 0.15) is 46.8 Å². The number of esters is 2. The summed E-state index contributed by atoms with van der Waals surface area (Å²) in [5, 5.41) is 2.92. The largest absolute Gasteiger partial charge is 0.496 e. The van der Waals surface area contributed by atoms with Gasteiger partial charge in [0.1, 0.15) is 18.1 Å². The predicted molar refractivity (Wildman–Crippen MR) is 124 cm³/mol. The Balaban J connectivity index is 1.79. The molecule has 3 rings (SSSR count). The molecule has 1 heterocycles. The lowest BCUT2D eigenvalue weighted by molar-refractivity contribution is -0.134. The van der Waals surface area contributed by atoms with Crippen molar-refractivity contribution in [2.45, 2.75) is 39.7 Å². The van der Waals surface area contributed by atoms with E-state index in [-0.39, 0.29) is 24.3 Å². The van der Waals surface area contributed by atoms with Crippen LogP contribution in [0.2, 0.25) is 5.02 Å². The maximum atomic E-state index is 12.3. The number of rotatable bonds is 8. The summed E-state index contributed by atoms with van der Waals surface area (Å²) in [5.74, 6) is -0.0689. The summed E-state index contributed by atoms with van der Waals surface area (Å²) < 4.78 is 16.1. The minimum absolute atomic E-state index is 0.104. The molecular weight excluding hydrogens is 448 g/mol. The van der Waals surface area contributed by atoms with E-state index in [1.54, 1.807) is 24.3 Å². The average Bonchev–Trinajstić information content (AvgIpc) is 3.16. The van der Waals surface area contributed by atoms with Crippen molar-refractivity contribution in [1.29, 1.82) is 0 Å². The summed E-state index contributed by atoms with van der Waals surface area (Å²) in [7, 11) is 1.52. The van der Waals surface area contributed by atoms with Gasteiger partial charge in [-0.25, -0.2) is 9.59 Å². The van der Waals surface area contributed by atoms with Crippen molar-refractivity contribution in [3.63, 3.8) is 0 Å². The van der Waals surface area contributed by atoms with Crippen LogP contribution in [0, 0.1) is 6.92 Å². The number of urea groups is 1. The van der Waals surface area contributed by atoms with Crippen molar-refractivity contribution in [1.82, 2.24) is 0 Å². The highest BCUT2D eigenvalue weighted by Crippen LogP contribution is 2.41. The van der Waals surface area contributed by atoms with Crippen molar-refractivity contribution >= 4 is 35.3 Å². The summed E-state index contributed by atoms with van der Waals surface area (Å²) in [6.07, 6.45) is 2.85. The van der Waals surface area contributed by atoms with Crippen LogP contribution in [-0.2, 0) is 22.6 Å². The highest BCUT2D eigenvalue weighted by atomic mass is 35.5. The number of ether oxygens (including phenoxy) is 3. The van der Waals surface area contributed by atoms with E-state index < -0.39 is 18.0 Å². The fraction of sp³-hybridized carbons (Fsp3) is 0.292. The van der Waals surface area contributed by atoms with Crippen molar-refractivity contribution in [3.05, 3.63) is 63.2 Å². The number of methoxy groups -OCH3 is 1. The van der Waals surface area contributed by atoms with Gasteiger partial charge in [-0.15, -0.1) is 0 Å². The van der Waals surface area contributed by atoms with Crippen LogP contribution in [0.3, 0.4) is 0 Å². The molecule has 1 aliphatic rings. The van der Waals surface area contributed by atoms with E-state index in [2.05, 4.69) is 5.32 Å². The van der Waals surface area contributed by atoms with E-state index in [1.807, 2.05) is 19.9 Å². The van der Waals surface area contributed by atoms with Gasteiger partial charge < -0.3 is 25.3 Å². The van der Waals surface area contributed by atoms with Crippen molar-refractivity contribution in [2.75, 3.05) is 12.4 Å². The number of para-hydroxylation sites is 1. The highest BCUT2D eigenvalue weighted by Gasteiger charge is 2.32. The molecule has 0 saturated heterocycles. The molecule has 1 aliphatic heterocycles. The zero-order valence-electron chi connectivity index (χ0n) is 18.6. The maximum Gasteiger partial charge on any atom is 0.341 e. The van der Waals surface area contributed by atoms with E-state index in [9.17, 15) is 14.4 Å². The number of carbonyl (C=O) groups excluding carboxylic acids is 3. The van der Waals surface area contributed by atoms with Gasteiger partial charge in [-0.1, -0.05) is 35.4 Å². The van der Waals surface area contributed by atoms with Crippen LogP contribution < -0.4 is 20.5 Å². The summed E-state index contributed by atoms with van der Waals surface area (Å²) in [6, 6.07) is 5.97. The Labute approximate surface area is 196 Å².